The lowest BCUT2D eigenvalue weighted by Gasteiger charge is -2.20. The van der Waals surface area contributed by atoms with Gasteiger partial charge in [0.05, 0.1) is 0 Å². The van der Waals surface area contributed by atoms with Gasteiger partial charge in [0.15, 0.2) is 5.96 Å². The van der Waals surface area contributed by atoms with Gasteiger partial charge < -0.3 is 15.5 Å². The van der Waals surface area contributed by atoms with Gasteiger partial charge >= 0.3 is 0 Å². The minimum atomic E-state index is 0. The van der Waals surface area contributed by atoms with Crippen molar-refractivity contribution >= 4 is 35.8 Å². The molecule has 0 aliphatic carbocycles. The Bertz CT molecular complexity index is 520. The van der Waals surface area contributed by atoms with E-state index in [1.165, 1.54) is 6.42 Å². The van der Waals surface area contributed by atoms with Gasteiger partial charge in [-0.15, -0.1) is 24.0 Å². The molecule has 1 aromatic heterocycles. The minimum absolute atomic E-state index is 0. The molecule has 7 nitrogen and oxygen atoms in total. The Kier molecular flexibility index (Phi) is 12.1. The summed E-state index contributed by atoms with van der Waals surface area (Å²) < 4.78 is 1.93. The molecule has 1 fully saturated rings. The summed E-state index contributed by atoms with van der Waals surface area (Å²) in [5.74, 6) is 1.16. The van der Waals surface area contributed by atoms with Crippen LogP contribution >= 0.6 is 24.0 Å². The quantitative estimate of drug-likeness (QED) is 0.248. The van der Waals surface area contributed by atoms with Crippen molar-refractivity contribution in [2.75, 3.05) is 32.7 Å². The molecule has 1 saturated heterocycles. The number of nitrogens with zero attached hydrogens (tertiary/aromatic N) is 4. The second-order valence-corrected chi connectivity index (χ2v) is 6.36. The van der Waals surface area contributed by atoms with Crippen LogP contribution in [0, 0.1) is 0 Å². The van der Waals surface area contributed by atoms with Crippen molar-refractivity contribution in [3.63, 3.8) is 0 Å². The Morgan fingerprint density at radius 2 is 2.12 bits per heavy atom. The molecule has 148 valence electrons. The maximum absolute atomic E-state index is 12.0. The first kappa shape index (κ1) is 22.7. The third kappa shape index (κ3) is 8.86. The highest BCUT2D eigenvalue weighted by molar-refractivity contribution is 14.0. The smallest absolute Gasteiger partial charge is 0.222 e. The number of likely N-dealkylation sites (tertiary alicyclic amines) is 1. The molecular formula is C18H33IN6O. The Labute approximate surface area is 174 Å². The molecule has 0 radical (unpaired) electrons. The fourth-order valence-corrected chi connectivity index (χ4v) is 2.95. The van der Waals surface area contributed by atoms with Gasteiger partial charge in [-0.1, -0.05) is 6.42 Å². The highest BCUT2D eigenvalue weighted by Gasteiger charge is 2.15. The number of carbonyl (C=O) groups is 1. The number of aryl methyl sites for hydroxylation is 1. The number of rotatable bonds is 9. The number of hydrogen-bond donors (Lipinski definition) is 2. The first-order chi connectivity index (χ1) is 12.3. The molecule has 2 N–H and O–H groups in total. The van der Waals surface area contributed by atoms with E-state index in [0.29, 0.717) is 12.3 Å². The number of aliphatic imine (C=N–C) groups is 1. The number of aromatic nitrogens is 2. The van der Waals surface area contributed by atoms with Crippen molar-refractivity contribution in [2.24, 2.45) is 4.99 Å². The molecule has 1 aromatic rings. The third-order valence-corrected chi connectivity index (χ3v) is 4.29. The molecule has 1 aliphatic heterocycles. The van der Waals surface area contributed by atoms with Crippen LogP contribution in [0.25, 0.3) is 0 Å². The van der Waals surface area contributed by atoms with Crippen LogP contribution in [0.4, 0.5) is 0 Å². The van der Waals surface area contributed by atoms with Crippen LogP contribution in [0.3, 0.4) is 0 Å². The number of guanidine groups is 1. The monoisotopic (exact) mass is 476 g/mol. The second kappa shape index (κ2) is 13.8. The molecule has 1 aliphatic rings. The average Bonchev–Trinajstić information content (AvgIpc) is 3.05. The topological polar surface area (TPSA) is 74.6 Å². The maximum Gasteiger partial charge on any atom is 0.222 e. The molecular weight excluding hydrogens is 443 g/mol. The zero-order chi connectivity index (χ0) is 17.7. The molecule has 0 atom stereocenters. The molecule has 0 spiro atoms. The van der Waals surface area contributed by atoms with Gasteiger partial charge in [0, 0.05) is 58.1 Å². The van der Waals surface area contributed by atoms with Gasteiger partial charge in [-0.3, -0.25) is 14.5 Å². The first-order valence-electron chi connectivity index (χ1n) is 9.57. The van der Waals surface area contributed by atoms with Crippen LogP contribution in [0.2, 0.25) is 0 Å². The van der Waals surface area contributed by atoms with Crippen LogP contribution in [0.15, 0.2) is 23.5 Å². The Morgan fingerprint density at radius 3 is 2.88 bits per heavy atom. The van der Waals surface area contributed by atoms with Crippen LogP contribution in [-0.4, -0.2) is 59.3 Å². The summed E-state index contributed by atoms with van der Waals surface area (Å²) in [6.45, 7) is 7.13. The Balaban J connectivity index is 0.00000338. The predicted molar refractivity (Wildman–Crippen MR) is 116 cm³/mol. The molecule has 0 unspecified atom stereocenters. The van der Waals surface area contributed by atoms with Crippen molar-refractivity contribution in [2.45, 2.75) is 52.0 Å². The number of amides is 1. The van der Waals surface area contributed by atoms with Crippen molar-refractivity contribution < 1.29 is 4.79 Å². The van der Waals surface area contributed by atoms with E-state index in [2.05, 4.69) is 27.6 Å². The molecule has 26 heavy (non-hydrogen) atoms. The average molecular weight is 476 g/mol. The summed E-state index contributed by atoms with van der Waals surface area (Å²) in [6, 6.07) is 1.94. The molecule has 2 heterocycles. The molecule has 0 bridgehead atoms. The highest BCUT2D eigenvalue weighted by atomic mass is 127. The van der Waals surface area contributed by atoms with Gasteiger partial charge in [0.2, 0.25) is 5.91 Å². The highest BCUT2D eigenvalue weighted by Crippen LogP contribution is 2.11. The number of carbonyl (C=O) groups excluding carboxylic acids is 1. The van der Waals surface area contributed by atoms with Gasteiger partial charge in [-0.05, 0) is 38.7 Å². The number of nitrogens with one attached hydrogen (secondary N) is 2. The van der Waals surface area contributed by atoms with Crippen molar-refractivity contribution in [1.82, 2.24) is 25.3 Å². The minimum Gasteiger partial charge on any atom is -0.357 e. The van der Waals surface area contributed by atoms with Gasteiger partial charge in [0.25, 0.3) is 0 Å². The number of hydrogen-bond acceptors (Lipinski definition) is 3. The Morgan fingerprint density at radius 1 is 1.23 bits per heavy atom. The summed E-state index contributed by atoms with van der Waals surface area (Å²) in [5, 5.41) is 10.8. The van der Waals surface area contributed by atoms with Crippen molar-refractivity contribution in [3.8, 4) is 0 Å². The van der Waals surface area contributed by atoms with Crippen LogP contribution in [0.5, 0.6) is 0 Å². The molecule has 1 amide bonds. The molecule has 0 saturated carbocycles. The standard InChI is InChI=1S/C18H32N6O.HI/c1-2-19-18(21-11-7-15-24-16-8-12-22-24)20-10-6-14-23-13-5-3-4-9-17(23)25;/h8,12,16H,2-7,9-11,13-15H2,1H3,(H2,19,20,21);1H. The zero-order valence-corrected chi connectivity index (χ0v) is 18.2. The van der Waals surface area contributed by atoms with Crippen LogP contribution < -0.4 is 10.6 Å². The van der Waals surface area contributed by atoms with Gasteiger partial charge in [0.1, 0.15) is 0 Å². The predicted octanol–water partition coefficient (Wildman–Crippen LogP) is 2.24. The lowest BCUT2D eigenvalue weighted by molar-refractivity contribution is -0.130. The summed E-state index contributed by atoms with van der Waals surface area (Å²) in [5.41, 5.74) is 0. The van der Waals surface area contributed by atoms with E-state index < -0.39 is 0 Å². The van der Waals surface area contributed by atoms with E-state index in [-0.39, 0.29) is 24.0 Å². The van der Waals surface area contributed by atoms with E-state index in [1.807, 2.05) is 21.8 Å². The van der Waals surface area contributed by atoms with Crippen molar-refractivity contribution in [3.05, 3.63) is 18.5 Å². The Hall–Kier alpha value is -1.32. The van der Waals surface area contributed by atoms with Crippen LogP contribution in [-0.2, 0) is 11.3 Å². The lowest BCUT2D eigenvalue weighted by Crippen LogP contribution is -2.38. The third-order valence-electron chi connectivity index (χ3n) is 4.29. The normalized spacial score (nSPS) is 15.3. The summed E-state index contributed by atoms with van der Waals surface area (Å²) in [7, 11) is 0. The molecule has 8 heteroatoms. The summed E-state index contributed by atoms with van der Waals surface area (Å²) in [6.07, 6.45) is 9.74. The maximum atomic E-state index is 12.0. The largest absolute Gasteiger partial charge is 0.357 e. The molecule has 0 aromatic carbocycles. The van der Waals surface area contributed by atoms with E-state index in [1.54, 1.807) is 6.20 Å². The SMILES string of the molecule is CCNC(=NCCCN1CCCCCC1=O)NCCCn1cccn1.I. The summed E-state index contributed by atoms with van der Waals surface area (Å²) in [4.78, 5) is 18.6. The van der Waals surface area contributed by atoms with Gasteiger partial charge in [-0.2, -0.15) is 5.10 Å². The first-order valence-corrected chi connectivity index (χ1v) is 9.57. The van der Waals surface area contributed by atoms with E-state index >= 15 is 0 Å². The van der Waals surface area contributed by atoms with E-state index in [9.17, 15) is 4.79 Å². The number of halogens is 1. The lowest BCUT2D eigenvalue weighted by atomic mass is 10.2. The van der Waals surface area contributed by atoms with Crippen molar-refractivity contribution in [1.29, 1.82) is 0 Å². The second-order valence-electron chi connectivity index (χ2n) is 6.36. The summed E-state index contributed by atoms with van der Waals surface area (Å²) >= 11 is 0. The van der Waals surface area contributed by atoms with E-state index in [4.69, 9.17) is 0 Å². The van der Waals surface area contributed by atoms with Gasteiger partial charge in [-0.25, -0.2) is 0 Å². The zero-order valence-electron chi connectivity index (χ0n) is 15.8. The van der Waals surface area contributed by atoms with E-state index in [0.717, 1.165) is 70.9 Å². The van der Waals surface area contributed by atoms with Crippen LogP contribution in [0.1, 0.15) is 45.4 Å². The fourth-order valence-electron chi connectivity index (χ4n) is 2.95. The fraction of sp³-hybridized carbons (Fsp3) is 0.722. The molecule has 2 rings (SSSR count).